The Morgan fingerprint density at radius 3 is 2.60 bits per heavy atom. The van der Waals surface area contributed by atoms with Crippen molar-refractivity contribution >= 4 is 38.5 Å². The van der Waals surface area contributed by atoms with Gasteiger partial charge in [0.15, 0.2) is 12.4 Å². The molecule has 0 radical (unpaired) electrons. The second-order valence-electron chi connectivity index (χ2n) is 5.32. The molecule has 1 aromatic heterocycles. The fraction of sp³-hybridized carbons (Fsp3) is 0.111. The molecular formula is C18H13BrN2O4. The van der Waals surface area contributed by atoms with E-state index in [9.17, 15) is 14.4 Å². The number of aromatic amines is 1. The molecule has 0 unspecified atom stereocenters. The number of carbonyl (C=O) groups is 2. The molecule has 0 bridgehead atoms. The van der Waals surface area contributed by atoms with Crippen molar-refractivity contribution in [2.75, 3.05) is 6.61 Å². The molecule has 126 valence electrons. The van der Waals surface area contributed by atoms with E-state index in [0.29, 0.717) is 22.0 Å². The molecule has 0 aliphatic heterocycles. The Balaban J connectivity index is 1.68. The number of hydrogen-bond acceptors (Lipinski definition) is 5. The van der Waals surface area contributed by atoms with Gasteiger partial charge in [0.05, 0.1) is 17.5 Å². The van der Waals surface area contributed by atoms with Gasteiger partial charge in [0.2, 0.25) is 0 Å². The highest BCUT2D eigenvalue weighted by Gasteiger charge is 2.14. The van der Waals surface area contributed by atoms with Crippen LogP contribution in [0.3, 0.4) is 0 Å². The predicted octanol–water partition coefficient (Wildman–Crippen LogP) is 2.65. The number of benzene rings is 2. The lowest BCUT2D eigenvalue weighted by Gasteiger charge is -2.06. The van der Waals surface area contributed by atoms with Gasteiger partial charge in [0, 0.05) is 15.4 Å². The number of fused-ring (bicyclic) bond motifs is 1. The van der Waals surface area contributed by atoms with Gasteiger partial charge >= 0.3 is 5.97 Å². The number of rotatable bonds is 5. The highest BCUT2D eigenvalue weighted by atomic mass is 79.9. The minimum absolute atomic E-state index is 0.136. The maximum absolute atomic E-state index is 12.0. The Hall–Kier alpha value is -2.80. The monoisotopic (exact) mass is 400 g/mol. The molecule has 0 spiro atoms. The van der Waals surface area contributed by atoms with E-state index in [2.05, 4.69) is 26.1 Å². The number of aromatic nitrogens is 2. The molecule has 1 heterocycles. The SMILES string of the molecule is O=C(Cc1n[nH]c(=O)c2ccccc12)OCC(=O)c1cccc(Br)c1. The van der Waals surface area contributed by atoms with Gasteiger partial charge in [-0.2, -0.15) is 5.10 Å². The Bertz CT molecular complexity index is 1010. The Morgan fingerprint density at radius 2 is 1.84 bits per heavy atom. The summed E-state index contributed by atoms with van der Waals surface area (Å²) in [5, 5.41) is 7.31. The lowest BCUT2D eigenvalue weighted by molar-refractivity contribution is -0.141. The fourth-order valence-corrected chi connectivity index (χ4v) is 2.78. The zero-order valence-electron chi connectivity index (χ0n) is 13.0. The van der Waals surface area contributed by atoms with Crippen molar-refractivity contribution < 1.29 is 14.3 Å². The van der Waals surface area contributed by atoms with Crippen LogP contribution in [0.2, 0.25) is 0 Å². The average Bonchev–Trinajstić information content (AvgIpc) is 2.62. The normalized spacial score (nSPS) is 10.6. The van der Waals surface area contributed by atoms with E-state index in [1.54, 1.807) is 48.5 Å². The second-order valence-corrected chi connectivity index (χ2v) is 6.23. The van der Waals surface area contributed by atoms with Crippen LogP contribution < -0.4 is 5.56 Å². The maximum atomic E-state index is 12.0. The number of nitrogens with zero attached hydrogens (tertiary/aromatic N) is 1. The highest BCUT2D eigenvalue weighted by molar-refractivity contribution is 9.10. The minimum Gasteiger partial charge on any atom is -0.457 e. The smallest absolute Gasteiger partial charge is 0.312 e. The van der Waals surface area contributed by atoms with Crippen molar-refractivity contribution in [1.82, 2.24) is 10.2 Å². The first-order chi connectivity index (χ1) is 12.0. The van der Waals surface area contributed by atoms with Crippen LogP contribution in [0.25, 0.3) is 10.8 Å². The molecule has 2 aromatic carbocycles. The summed E-state index contributed by atoms with van der Waals surface area (Å²) in [5.74, 6) is -0.887. The molecule has 0 saturated carbocycles. The van der Waals surface area contributed by atoms with E-state index in [1.165, 1.54) is 0 Å². The van der Waals surface area contributed by atoms with Crippen molar-refractivity contribution in [2.24, 2.45) is 0 Å². The van der Waals surface area contributed by atoms with Crippen molar-refractivity contribution in [2.45, 2.75) is 6.42 Å². The van der Waals surface area contributed by atoms with Crippen LogP contribution in [0.1, 0.15) is 16.1 Å². The molecular weight excluding hydrogens is 388 g/mol. The number of halogens is 1. The van der Waals surface area contributed by atoms with E-state index in [0.717, 1.165) is 4.47 Å². The molecule has 0 amide bonds. The summed E-state index contributed by atoms with van der Waals surface area (Å²) >= 11 is 3.29. The van der Waals surface area contributed by atoms with Gasteiger partial charge in [-0.25, -0.2) is 5.10 Å². The predicted molar refractivity (Wildman–Crippen MR) is 95.5 cm³/mol. The number of ketones is 1. The first kappa shape index (κ1) is 17.0. The zero-order chi connectivity index (χ0) is 17.8. The summed E-state index contributed by atoms with van der Waals surface area (Å²) < 4.78 is 5.82. The van der Waals surface area contributed by atoms with Crippen molar-refractivity contribution in [3.63, 3.8) is 0 Å². The topological polar surface area (TPSA) is 89.1 Å². The summed E-state index contributed by atoms with van der Waals surface area (Å²) in [4.78, 5) is 35.8. The molecule has 6 nitrogen and oxygen atoms in total. The molecule has 0 saturated heterocycles. The van der Waals surface area contributed by atoms with E-state index < -0.39 is 5.97 Å². The number of Topliss-reactive ketones (excluding diaryl/α,β-unsaturated/α-hetero) is 1. The summed E-state index contributed by atoms with van der Waals surface area (Å²) in [6.45, 7) is -0.351. The molecule has 0 aliphatic rings. The first-order valence-corrected chi connectivity index (χ1v) is 8.24. The van der Waals surface area contributed by atoms with E-state index in [1.807, 2.05) is 0 Å². The van der Waals surface area contributed by atoms with Gasteiger partial charge in [-0.3, -0.25) is 14.4 Å². The van der Waals surface area contributed by atoms with Crippen LogP contribution in [0, 0.1) is 0 Å². The standard InChI is InChI=1S/C18H13BrN2O4/c19-12-5-3-4-11(8-12)16(22)10-25-17(23)9-15-13-6-1-2-7-14(13)18(24)21-20-15/h1-8H,9-10H2,(H,21,24). The van der Waals surface area contributed by atoms with Gasteiger partial charge in [0.25, 0.3) is 5.56 Å². The molecule has 0 atom stereocenters. The van der Waals surface area contributed by atoms with Crippen LogP contribution in [0.4, 0.5) is 0 Å². The third kappa shape index (κ3) is 4.00. The van der Waals surface area contributed by atoms with E-state index in [-0.39, 0.29) is 24.4 Å². The third-order valence-electron chi connectivity index (χ3n) is 3.60. The largest absolute Gasteiger partial charge is 0.457 e. The molecule has 25 heavy (non-hydrogen) atoms. The number of hydrogen-bond donors (Lipinski definition) is 1. The number of H-pyrrole nitrogens is 1. The van der Waals surface area contributed by atoms with Gasteiger partial charge in [0.1, 0.15) is 0 Å². The molecule has 7 heteroatoms. The Labute approximate surface area is 151 Å². The molecule has 1 N–H and O–H groups in total. The number of carbonyl (C=O) groups excluding carboxylic acids is 2. The summed E-state index contributed by atoms with van der Waals surface area (Å²) in [5.41, 5.74) is 0.530. The molecule has 3 rings (SSSR count). The number of nitrogens with one attached hydrogen (secondary N) is 1. The fourth-order valence-electron chi connectivity index (χ4n) is 2.39. The minimum atomic E-state index is -0.590. The zero-order valence-corrected chi connectivity index (χ0v) is 14.6. The number of esters is 1. The highest BCUT2D eigenvalue weighted by Crippen LogP contribution is 2.14. The second kappa shape index (κ2) is 7.40. The lowest BCUT2D eigenvalue weighted by Crippen LogP contribution is -2.18. The van der Waals surface area contributed by atoms with Crippen LogP contribution in [0.15, 0.2) is 57.8 Å². The van der Waals surface area contributed by atoms with Crippen LogP contribution >= 0.6 is 15.9 Å². The van der Waals surface area contributed by atoms with E-state index >= 15 is 0 Å². The average molecular weight is 401 g/mol. The maximum Gasteiger partial charge on any atom is 0.312 e. The van der Waals surface area contributed by atoms with Crippen LogP contribution in [-0.4, -0.2) is 28.6 Å². The van der Waals surface area contributed by atoms with Gasteiger partial charge in [-0.15, -0.1) is 0 Å². The van der Waals surface area contributed by atoms with E-state index in [4.69, 9.17) is 4.74 Å². The van der Waals surface area contributed by atoms with Gasteiger partial charge in [-0.05, 0) is 18.2 Å². The Morgan fingerprint density at radius 1 is 1.08 bits per heavy atom. The number of ether oxygens (including phenoxy) is 1. The molecule has 3 aromatic rings. The molecule has 0 fully saturated rings. The first-order valence-electron chi connectivity index (χ1n) is 7.45. The summed E-state index contributed by atoms with van der Waals surface area (Å²) in [6.07, 6.45) is -0.136. The van der Waals surface area contributed by atoms with Crippen molar-refractivity contribution in [1.29, 1.82) is 0 Å². The van der Waals surface area contributed by atoms with Gasteiger partial charge < -0.3 is 4.74 Å². The van der Waals surface area contributed by atoms with Crippen molar-refractivity contribution in [3.05, 3.63) is 74.6 Å². The lowest BCUT2D eigenvalue weighted by atomic mass is 10.1. The quantitative estimate of drug-likeness (QED) is 0.525. The third-order valence-corrected chi connectivity index (χ3v) is 4.09. The Kier molecular flexibility index (Phi) is 5.04. The van der Waals surface area contributed by atoms with Gasteiger partial charge in [-0.1, -0.05) is 46.3 Å². The van der Waals surface area contributed by atoms with Crippen LogP contribution in [0.5, 0.6) is 0 Å². The van der Waals surface area contributed by atoms with Crippen LogP contribution in [-0.2, 0) is 16.0 Å². The van der Waals surface area contributed by atoms with Crippen molar-refractivity contribution in [3.8, 4) is 0 Å². The molecule has 0 aliphatic carbocycles. The summed E-state index contributed by atoms with van der Waals surface area (Å²) in [6, 6.07) is 13.7. The summed E-state index contributed by atoms with van der Waals surface area (Å²) in [7, 11) is 0.